The molecule has 0 radical (unpaired) electrons. The topological polar surface area (TPSA) is 104 Å². The molecular formula is C26H35BrN6O2. The minimum absolute atomic E-state index is 0.132. The van der Waals surface area contributed by atoms with Gasteiger partial charge in [-0.2, -0.15) is 0 Å². The van der Waals surface area contributed by atoms with Gasteiger partial charge in [-0.15, -0.1) is 0 Å². The molecule has 9 heteroatoms. The number of aryl methyl sites for hydroxylation is 1. The normalized spacial score (nSPS) is 17.5. The molecule has 0 atom stereocenters. The van der Waals surface area contributed by atoms with E-state index in [9.17, 15) is 9.59 Å². The van der Waals surface area contributed by atoms with Crippen molar-refractivity contribution in [3.8, 4) is 0 Å². The number of piperazine rings is 1. The van der Waals surface area contributed by atoms with Crippen molar-refractivity contribution in [2.75, 3.05) is 38.5 Å². The number of likely N-dealkylation sites (N-methyl/N-ethyl adjacent to an activating group) is 1. The first-order valence-corrected chi connectivity index (χ1v) is 13.1. The molecule has 1 aromatic carbocycles. The van der Waals surface area contributed by atoms with Gasteiger partial charge < -0.3 is 25.9 Å². The first-order valence-electron chi connectivity index (χ1n) is 12.4. The average molecular weight is 544 g/mol. The van der Waals surface area contributed by atoms with Crippen LogP contribution in [0.4, 0.5) is 5.69 Å². The number of H-pyrrole nitrogens is 1. The summed E-state index contributed by atoms with van der Waals surface area (Å²) in [5.74, 6) is -0.301. The molecule has 0 spiro atoms. The van der Waals surface area contributed by atoms with E-state index < -0.39 is 0 Å². The Hall–Kier alpha value is -2.49. The molecule has 2 aromatic rings. The molecule has 2 fully saturated rings. The highest BCUT2D eigenvalue weighted by molar-refractivity contribution is 9.10. The lowest BCUT2D eigenvalue weighted by Gasteiger charge is -2.32. The van der Waals surface area contributed by atoms with Crippen molar-refractivity contribution in [2.24, 2.45) is 0 Å². The second-order valence-corrected chi connectivity index (χ2v) is 10.6. The number of nitrogens with zero attached hydrogens (tertiary/aromatic N) is 2. The summed E-state index contributed by atoms with van der Waals surface area (Å²) in [4.78, 5) is 33.6. The molecule has 2 heterocycles. The van der Waals surface area contributed by atoms with E-state index in [1.807, 2.05) is 19.1 Å². The Morgan fingerprint density at radius 1 is 1.20 bits per heavy atom. The quantitative estimate of drug-likeness (QED) is 0.382. The van der Waals surface area contributed by atoms with Crippen molar-refractivity contribution in [3.05, 3.63) is 61.0 Å². The lowest BCUT2D eigenvalue weighted by Crippen LogP contribution is -2.44. The molecule has 188 valence electrons. The van der Waals surface area contributed by atoms with Crippen molar-refractivity contribution in [2.45, 2.75) is 51.7 Å². The summed E-state index contributed by atoms with van der Waals surface area (Å²) in [5, 5.41) is 14.4. The molecular weight excluding hydrogens is 508 g/mol. The number of anilines is 1. The molecule has 1 amide bonds. The molecule has 2 aliphatic rings. The third-order valence-electron chi connectivity index (χ3n) is 7.03. The van der Waals surface area contributed by atoms with E-state index in [1.165, 1.54) is 19.1 Å². The number of amides is 1. The molecule has 1 aliphatic heterocycles. The van der Waals surface area contributed by atoms with E-state index in [0.29, 0.717) is 29.3 Å². The monoisotopic (exact) mass is 542 g/mol. The van der Waals surface area contributed by atoms with Gasteiger partial charge in [0, 0.05) is 78.5 Å². The number of carbonyl (C=O) groups excluding carboxylic acids is 1. The van der Waals surface area contributed by atoms with Crippen molar-refractivity contribution < 1.29 is 4.79 Å². The molecule has 1 aromatic heterocycles. The number of rotatable bonds is 8. The van der Waals surface area contributed by atoms with Crippen LogP contribution in [0.2, 0.25) is 0 Å². The summed E-state index contributed by atoms with van der Waals surface area (Å²) >= 11 is 3.52. The maximum atomic E-state index is 13.3. The molecule has 0 bridgehead atoms. The van der Waals surface area contributed by atoms with Crippen molar-refractivity contribution >= 4 is 33.7 Å². The largest absolute Gasteiger partial charge is 0.382 e. The first kappa shape index (κ1) is 25.6. The average Bonchev–Trinajstić information content (AvgIpc) is 3.32. The van der Waals surface area contributed by atoms with Crippen LogP contribution < -0.4 is 16.2 Å². The van der Waals surface area contributed by atoms with Gasteiger partial charge in [-0.05, 0) is 50.6 Å². The van der Waals surface area contributed by atoms with Crippen molar-refractivity contribution in [1.82, 2.24) is 20.1 Å². The highest BCUT2D eigenvalue weighted by Crippen LogP contribution is 2.29. The van der Waals surface area contributed by atoms with Crippen LogP contribution in [0.5, 0.6) is 0 Å². The fourth-order valence-corrected chi connectivity index (χ4v) is 5.46. The van der Waals surface area contributed by atoms with E-state index >= 15 is 0 Å². The predicted molar refractivity (Wildman–Crippen MR) is 144 cm³/mol. The number of hydrogen-bond donors (Lipinski definition) is 4. The Balaban J connectivity index is 1.53. The summed E-state index contributed by atoms with van der Waals surface area (Å²) in [5.41, 5.74) is 3.94. The standard InChI is InChI=1S/C26H35BrN6O2/c1-17-11-18(16-33-9-7-32(2)8-10-33)23(26(35)30-17)15-29-25(34)21-12-19(27)13-24(22(21)14-28)31-20-5-3-4-6-20/h11-14,20,28,31H,3-10,15-16H2,1-2H3,(H,29,34)(H,30,35). The highest BCUT2D eigenvalue weighted by atomic mass is 79.9. The van der Waals surface area contributed by atoms with Crippen LogP contribution in [0.1, 0.15) is 58.4 Å². The lowest BCUT2D eigenvalue weighted by atomic mass is 10.0. The number of pyridine rings is 1. The summed E-state index contributed by atoms with van der Waals surface area (Å²) < 4.78 is 0.776. The zero-order valence-corrected chi connectivity index (χ0v) is 22.1. The number of aromatic nitrogens is 1. The van der Waals surface area contributed by atoms with Crippen LogP contribution in [-0.2, 0) is 13.1 Å². The van der Waals surface area contributed by atoms with Crippen LogP contribution in [-0.4, -0.2) is 66.2 Å². The zero-order valence-electron chi connectivity index (χ0n) is 20.5. The minimum Gasteiger partial charge on any atom is -0.382 e. The van der Waals surface area contributed by atoms with Gasteiger partial charge in [-0.25, -0.2) is 0 Å². The summed E-state index contributed by atoms with van der Waals surface area (Å²) in [6, 6.07) is 6.03. The number of benzene rings is 1. The van der Waals surface area contributed by atoms with E-state index in [1.54, 1.807) is 6.07 Å². The van der Waals surface area contributed by atoms with Crippen LogP contribution in [0.15, 0.2) is 27.5 Å². The van der Waals surface area contributed by atoms with E-state index in [4.69, 9.17) is 5.41 Å². The summed E-state index contributed by atoms with van der Waals surface area (Å²) in [7, 11) is 2.12. The summed E-state index contributed by atoms with van der Waals surface area (Å²) in [6.45, 7) is 6.60. The van der Waals surface area contributed by atoms with Gasteiger partial charge >= 0.3 is 0 Å². The van der Waals surface area contributed by atoms with E-state index in [0.717, 1.165) is 60.4 Å². The molecule has 8 nitrogen and oxygen atoms in total. The fraction of sp³-hybridized carbons (Fsp3) is 0.500. The van der Waals surface area contributed by atoms with Gasteiger partial charge in [0.2, 0.25) is 0 Å². The second kappa shape index (κ2) is 11.5. The molecule has 1 saturated carbocycles. The number of carbonyl (C=O) groups is 1. The van der Waals surface area contributed by atoms with Crippen molar-refractivity contribution in [1.29, 1.82) is 5.41 Å². The Morgan fingerprint density at radius 3 is 2.60 bits per heavy atom. The van der Waals surface area contributed by atoms with Gasteiger partial charge in [0.05, 0.1) is 5.56 Å². The summed E-state index contributed by atoms with van der Waals surface area (Å²) in [6.07, 6.45) is 5.81. The molecule has 4 N–H and O–H groups in total. The van der Waals surface area contributed by atoms with Crippen LogP contribution in [0.25, 0.3) is 0 Å². The maximum absolute atomic E-state index is 13.3. The molecule has 4 rings (SSSR count). The SMILES string of the molecule is Cc1cc(CN2CCN(C)CC2)c(CNC(=O)c2cc(Br)cc(NC3CCCC3)c2C=N)c(=O)[nH]1. The lowest BCUT2D eigenvalue weighted by molar-refractivity contribution is 0.0950. The van der Waals surface area contributed by atoms with Gasteiger partial charge in [0.15, 0.2) is 0 Å². The molecule has 0 unspecified atom stereocenters. The van der Waals surface area contributed by atoms with Crippen LogP contribution in [0.3, 0.4) is 0 Å². The smallest absolute Gasteiger partial charge is 0.253 e. The van der Waals surface area contributed by atoms with Gasteiger partial charge in [0.1, 0.15) is 0 Å². The van der Waals surface area contributed by atoms with Gasteiger partial charge in [-0.3, -0.25) is 14.5 Å². The van der Waals surface area contributed by atoms with E-state index in [2.05, 4.69) is 48.4 Å². The fourth-order valence-electron chi connectivity index (χ4n) is 5.00. The number of aromatic amines is 1. The Bertz CT molecular complexity index is 1130. The highest BCUT2D eigenvalue weighted by Gasteiger charge is 2.21. The first-order chi connectivity index (χ1) is 16.8. The van der Waals surface area contributed by atoms with Crippen LogP contribution in [0, 0.1) is 12.3 Å². The maximum Gasteiger partial charge on any atom is 0.253 e. The number of hydrogen-bond acceptors (Lipinski definition) is 6. The third kappa shape index (κ3) is 6.39. The molecule has 35 heavy (non-hydrogen) atoms. The van der Waals surface area contributed by atoms with Gasteiger partial charge in [-0.1, -0.05) is 28.8 Å². The predicted octanol–water partition coefficient (Wildman–Crippen LogP) is 3.48. The minimum atomic E-state index is -0.301. The Morgan fingerprint density at radius 2 is 1.91 bits per heavy atom. The number of halogens is 1. The molecule has 1 aliphatic carbocycles. The van der Waals surface area contributed by atoms with Gasteiger partial charge in [0.25, 0.3) is 11.5 Å². The Labute approximate surface area is 215 Å². The van der Waals surface area contributed by atoms with E-state index in [-0.39, 0.29) is 18.0 Å². The Kier molecular flexibility index (Phi) is 8.41. The zero-order chi connectivity index (χ0) is 24.9. The second-order valence-electron chi connectivity index (χ2n) is 9.73. The van der Waals surface area contributed by atoms with Crippen molar-refractivity contribution in [3.63, 3.8) is 0 Å². The molecule has 1 saturated heterocycles. The number of nitrogens with one attached hydrogen (secondary N) is 4. The third-order valence-corrected chi connectivity index (χ3v) is 7.49. The van der Waals surface area contributed by atoms with Crippen LogP contribution >= 0.6 is 15.9 Å².